The summed E-state index contributed by atoms with van der Waals surface area (Å²) in [6.07, 6.45) is -0.712. The maximum Gasteiger partial charge on any atom is 0.163 e. The zero-order valence-corrected chi connectivity index (χ0v) is 10.5. The van der Waals surface area contributed by atoms with Gasteiger partial charge in [0, 0.05) is 6.54 Å². The quantitative estimate of drug-likeness (QED) is 0.755. The SMILES string of the molecule is CC(=O)c1c(C)cc(C)cc1OC[C@H](O)CN. The maximum atomic E-state index is 11.5. The molecule has 0 fully saturated rings. The molecule has 17 heavy (non-hydrogen) atoms. The van der Waals surface area contributed by atoms with E-state index in [4.69, 9.17) is 10.5 Å². The van der Waals surface area contributed by atoms with Gasteiger partial charge in [0.05, 0.1) is 5.56 Å². The van der Waals surface area contributed by atoms with Crippen molar-refractivity contribution in [1.29, 1.82) is 0 Å². The van der Waals surface area contributed by atoms with Gasteiger partial charge in [-0.3, -0.25) is 4.79 Å². The first-order chi connectivity index (χ1) is 7.95. The maximum absolute atomic E-state index is 11.5. The molecule has 4 nitrogen and oxygen atoms in total. The lowest BCUT2D eigenvalue weighted by Gasteiger charge is -2.15. The van der Waals surface area contributed by atoms with Crippen molar-refractivity contribution in [2.45, 2.75) is 26.9 Å². The van der Waals surface area contributed by atoms with Gasteiger partial charge < -0.3 is 15.6 Å². The lowest BCUT2D eigenvalue weighted by atomic mass is 10.0. The standard InChI is InChI=1S/C13H19NO3/c1-8-4-9(2)13(10(3)15)12(5-8)17-7-11(16)6-14/h4-5,11,16H,6-7,14H2,1-3H3/t11-/m1/s1. The summed E-state index contributed by atoms with van der Waals surface area (Å²) in [5, 5.41) is 9.35. The number of benzene rings is 1. The van der Waals surface area contributed by atoms with Crippen molar-refractivity contribution in [3.8, 4) is 5.75 Å². The van der Waals surface area contributed by atoms with Crippen LogP contribution in [-0.4, -0.2) is 30.1 Å². The van der Waals surface area contributed by atoms with Gasteiger partial charge in [-0.2, -0.15) is 0 Å². The summed E-state index contributed by atoms with van der Waals surface area (Å²) in [7, 11) is 0. The average molecular weight is 237 g/mol. The molecule has 4 heteroatoms. The van der Waals surface area contributed by atoms with Crippen LogP contribution < -0.4 is 10.5 Å². The topological polar surface area (TPSA) is 72.5 Å². The third kappa shape index (κ3) is 3.54. The van der Waals surface area contributed by atoms with Gasteiger partial charge in [-0.05, 0) is 38.0 Å². The monoisotopic (exact) mass is 237 g/mol. The highest BCUT2D eigenvalue weighted by Crippen LogP contribution is 2.25. The Labute approximate surface area is 101 Å². The molecule has 0 bridgehead atoms. The van der Waals surface area contributed by atoms with Gasteiger partial charge in [-0.1, -0.05) is 6.07 Å². The van der Waals surface area contributed by atoms with Gasteiger partial charge in [0.15, 0.2) is 5.78 Å². The number of aliphatic hydroxyl groups excluding tert-OH is 1. The third-order valence-electron chi connectivity index (χ3n) is 2.50. The largest absolute Gasteiger partial charge is 0.490 e. The minimum atomic E-state index is -0.712. The summed E-state index contributed by atoms with van der Waals surface area (Å²) in [4.78, 5) is 11.5. The second-order valence-corrected chi connectivity index (χ2v) is 4.21. The fourth-order valence-corrected chi connectivity index (χ4v) is 1.75. The van der Waals surface area contributed by atoms with Gasteiger partial charge in [0.2, 0.25) is 0 Å². The van der Waals surface area contributed by atoms with E-state index >= 15 is 0 Å². The molecule has 0 saturated carbocycles. The smallest absolute Gasteiger partial charge is 0.163 e. The van der Waals surface area contributed by atoms with E-state index in [2.05, 4.69) is 0 Å². The molecule has 0 aliphatic rings. The Balaban J connectivity index is 3.00. The highest BCUT2D eigenvalue weighted by atomic mass is 16.5. The minimum Gasteiger partial charge on any atom is -0.490 e. The van der Waals surface area contributed by atoms with E-state index in [1.165, 1.54) is 6.92 Å². The molecule has 0 spiro atoms. The minimum absolute atomic E-state index is 0.0419. The van der Waals surface area contributed by atoms with E-state index in [-0.39, 0.29) is 18.9 Å². The molecule has 0 aliphatic carbocycles. The van der Waals surface area contributed by atoms with E-state index in [9.17, 15) is 9.90 Å². The number of aliphatic hydroxyl groups is 1. The number of hydrogen-bond acceptors (Lipinski definition) is 4. The fourth-order valence-electron chi connectivity index (χ4n) is 1.75. The molecule has 1 rings (SSSR count). The van der Waals surface area contributed by atoms with Crippen molar-refractivity contribution in [2.75, 3.05) is 13.2 Å². The van der Waals surface area contributed by atoms with Gasteiger partial charge in [-0.25, -0.2) is 0 Å². The van der Waals surface area contributed by atoms with Gasteiger partial charge in [0.25, 0.3) is 0 Å². The number of hydrogen-bond donors (Lipinski definition) is 2. The van der Waals surface area contributed by atoms with Crippen molar-refractivity contribution in [1.82, 2.24) is 0 Å². The van der Waals surface area contributed by atoms with Gasteiger partial charge in [-0.15, -0.1) is 0 Å². The summed E-state index contributed by atoms with van der Waals surface area (Å²) in [6, 6.07) is 3.73. The average Bonchev–Trinajstić information content (AvgIpc) is 2.24. The Bertz CT molecular complexity index is 415. The Morgan fingerprint density at radius 1 is 1.47 bits per heavy atom. The van der Waals surface area contributed by atoms with Crippen LogP contribution in [0.2, 0.25) is 0 Å². The fraction of sp³-hybridized carbons (Fsp3) is 0.462. The Morgan fingerprint density at radius 3 is 2.65 bits per heavy atom. The lowest BCUT2D eigenvalue weighted by molar-refractivity contribution is 0.0987. The second kappa shape index (κ2) is 5.80. The zero-order valence-electron chi connectivity index (χ0n) is 10.5. The number of nitrogens with two attached hydrogens (primary N) is 1. The number of carbonyl (C=O) groups excluding carboxylic acids is 1. The molecule has 94 valence electrons. The molecule has 1 aromatic rings. The molecule has 1 aromatic carbocycles. The highest BCUT2D eigenvalue weighted by Gasteiger charge is 2.13. The summed E-state index contributed by atoms with van der Waals surface area (Å²) >= 11 is 0. The molecule has 0 radical (unpaired) electrons. The summed E-state index contributed by atoms with van der Waals surface area (Å²) < 4.78 is 5.46. The number of Topliss-reactive ketones (excluding diaryl/α,β-unsaturated/α-hetero) is 1. The normalized spacial score (nSPS) is 12.3. The van der Waals surface area contributed by atoms with Crippen LogP contribution in [0.5, 0.6) is 5.75 Å². The van der Waals surface area contributed by atoms with Crippen LogP contribution in [-0.2, 0) is 0 Å². The predicted octanol–water partition coefficient (Wildman–Crippen LogP) is 1.20. The predicted molar refractivity (Wildman–Crippen MR) is 66.5 cm³/mol. The first kappa shape index (κ1) is 13.7. The molecule has 3 N–H and O–H groups in total. The van der Waals surface area contributed by atoms with Crippen LogP contribution in [0.4, 0.5) is 0 Å². The van der Waals surface area contributed by atoms with Crippen molar-refractivity contribution in [2.24, 2.45) is 5.73 Å². The van der Waals surface area contributed by atoms with E-state index in [1.807, 2.05) is 19.9 Å². The van der Waals surface area contributed by atoms with Gasteiger partial charge >= 0.3 is 0 Å². The number of ether oxygens (including phenoxy) is 1. The molecule has 0 aromatic heterocycles. The van der Waals surface area contributed by atoms with E-state index in [0.717, 1.165) is 11.1 Å². The molecular formula is C13H19NO3. The molecule has 0 unspecified atom stereocenters. The molecular weight excluding hydrogens is 218 g/mol. The third-order valence-corrected chi connectivity index (χ3v) is 2.50. The van der Waals surface area contributed by atoms with E-state index < -0.39 is 6.10 Å². The van der Waals surface area contributed by atoms with Crippen LogP contribution in [0.1, 0.15) is 28.4 Å². The summed E-state index contributed by atoms with van der Waals surface area (Å²) in [5.41, 5.74) is 7.77. The first-order valence-corrected chi connectivity index (χ1v) is 5.58. The van der Waals surface area contributed by atoms with Crippen LogP contribution in [0.15, 0.2) is 12.1 Å². The molecule has 0 aliphatic heterocycles. The number of ketones is 1. The van der Waals surface area contributed by atoms with Crippen molar-refractivity contribution >= 4 is 5.78 Å². The zero-order chi connectivity index (χ0) is 13.0. The number of carbonyl (C=O) groups is 1. The van der Waals surface area contributed by atoms with E-state index in [0.29, 0.717) is 11.3 Å². The van der Waals surface area contributed by atoms with Crippen molar-refractivity contribution in [3.63, 3.8) is 0 Å². The van der Waals surface area contributed by atoms with Crippen LogP contribution >= 0.6 is 0 Å². The Morgan fingerprint density at radius 2 is 2.12 bits per heavy atom. The van der Waals surface area contributed by atoms with E-state index in [1.54, 1.807) is 6.07 Å². The van der Waals surface area contributed by atoms with Crippen LogP contribution in [0.25, 0.3) is 0 Å². The molecule has 1 atom stereocenters. The van der Waals surface area contributed by atoms with Crippen LogP contribution in [0, 0.1) is 13.8 Å². The summed E-state index contributed by atoms with van der Waals surface area (Å²) in [6.45, 7) is 5.54. The molecule has 0 heterocycles. The number of rotatable bonds is 5. The molecule has 0 amide bonds. The lowest BCUT2D eigenvalue weighted by Crippen LogP contribution is -2.27. The van der Waals surface area contributed by atoms with Crippen molar-refractivity contribution < 1.29 is 14.6 Å². The summed E-state index contributed by atoms with van der Waals surface area (Å²) in [5.74, 6) is 0.474. The Kier molecular flexibility index (Phi) is 4.66. The first-order valence-electron chi connectivity index (χ1n) is 5.58. The van der Waals surface area contributed by atoms with Crippen LogP contribution in [0.3, 0.4) is 0 Å². The number of aryl methyl sites for hydroxylation is 2. The Hall–Kier alpha value is -1.39. The highest BCUT2D eigenvalue weighted by molar-refractivity contribution is 5.98. The second-order valence-electron chi connectivity index (χ2n) is 4.21. The van der Waals surface area contributed by atoms with Gasteiger partial charge in [0.1, 0.15) is 18.5 Å². The van der Waals surface area contributed by atoms with Crippen molar-refractivity contribution in [3.05, 3.63) is 28.8 Å². The molecule has 0 saturated heterocycles.